The number of nitrogens with zero attached hydrogens (tertiary/aromatic N) is 3. The summed E-state index contributed by atoms with van der Waals surface area (Å²) in [6.45, 7) is 1.13. The van der Waals surface area contributed by atoms with Crippen LogP contribution in [0.5, 0.6) is 0 Å². The average Bonchev–Trinajstić information content (AvgIpc) is 3.38. The molecule has 2 unspecified atom stereocenters. The van der Waals surface area contributed by atoms with Crippen molar-refractivity contribution < 1.29 is 27.5 Å². The third-order valence-corrected chi connectivity index (χ3v) is 8.84. The zero-order valence-electron chi connectivity index (χ0n) is 21.4. The highest BCUT2D eigenvalue weighted by molar-refractivity contribution is 6.01. The lowest BCUT2D eigenvalue weighted by Crippen LogP contribution is -2.43. The number of carbonyl (C=O) groups is 1. The van der Waals surface area contributed by atoms with Crippen molar-refractivity contribution in [1.29, 1.82) is 5.26 Å². The van der Waals surface area contributed by atoms with Gasteiger partial charge in [0.25, 0.3) is 0 Å². The molecular weight excluding hydrogens is 524 g/mol. The predicted octanol–water partition coefficient (Wildman–Crippen LogP) is 5.48. The molecule has 2 fully saturated rings. The third kappa shape index (κ3) is 4.29. The molecule has 40 heavy (non-hydrogen) atoms. The molecule has 1 spiro atoms. The number of piperidine rings is 1. The van der Waals surface area contributed by atoms with Crippen LogP contribution in [0.4, 0.5) is 17.6 Å². The van der Waals surface area contributed by atoms with Crippen LogP contribution in [0.25, 0.3) is 11.1 Å². The maximum absolute atomic E-state index is 14.4. The smallest absolute Gasteiger partial charge is 0.418 e. The van der Waals surface area contributed by atoms with Gasteiger partial charge in [0.2, 0.25) is 0 Å². The second-order valence-corrected chi connectivity index (χ2v) is 11.0. The Labute approximate surface area is 228 Å². The molecule has 0 bridgehead atoms. The zero-order valence-corrected chi connectivity index (χ0v) is 21.4. The molecule has 6 nitrogen and oxygen atoms in total. The van der Waals surface area contributed by atoms with Crippen LogP contribution in [0.3, 0.4) is 0 Å². The number of alkyl halides is 3. The van der Waals surface area contributed by atoms with Gasteiger partial charge in [-0.2, -0.15) is 18.4 Å². The highest BCUT2D eigenvalue weighted by atomic mass is 19.4. The number of halogens is 4. The van der Waals surface area contributed by atoms with E-state index in [0.717, 1.165) is 22.8 Å². The number of carboxylic acids is 1. The number of nitrogens with one attached hydrogen (secondary N) is 1. The topological polar surface area (TPSA) is 88.7 Å². The van der Waals surface area contributed by atoms with E-state index in [-0.39, 0.29) is 17.7 Å². The van der Waals surface area contributed by atoms with Crippen molar-refractivity contribution in [3.63, 3.8) is 0 Å². The van der Waals surface area contributed by atoms with Gasteiger partial charge in [0, 0.05) is 12.1 Å². The van der Waals surface area contributed by atoms with Gasteiger partial charge in [-0.1, -0.05) is 36.4 Å². The van der Waals surface area contributed by atoms with E-state index in [2.05, 4.69) is 11.4 Å². The molecule has 10 heteroatoms. The van der Waals surface area contributed by atoms with Gasteiger partial charge in [-0.25, -0.2) is 4.39 Å². The second-order valence-electron chi connectivity index (χ2n) is 11.0. The SMILES string of the molecule is N#Cc1cccc(-c2ccc(C3(C4=NC5CC(F)=C(C(F)(F)F)C=C5N4)CC34CCN(CC(=O)O)CC4)cc2)c1. The van der Waals surface area contributed by atoms with E-state index in [4.69, 9.17) is 4.99 Å². The molecule has 2 aromatic rings. The largest absolute Gasteiger partial charge is 0.480 e. The second kappa shape index (κ2) is 9.30. The molecule has 2 atom stereocenters. The number of carboxylic acid groups (broad SMARTS) is 1. The van der Waals surface area contributed by atoms with Gasteiger partial charge >= 0.3 is 12.1 Å². The third-order valence-electron chi connectivity index (χ3n) is 8.84. The molecule has 0 amide bonds. The summed E-state index contributed by atoms with van der Waals surface area (Å²) in [5.41, 5.74) is 1.43. The number of fused-ring (bicyclic) bond motifs is 1. The Bertz CT molecular complexity index is 1510. The summed E-state index contributed by atoms with van der Waals surface area (Å²) in [6, 6.07) is 16.6. The molecule has 1 saturated carbocycles. The van der Waals surface area contributed by atoms with E-state index in [1.54, 1.807) is 12.1 Å². The molecule has 2 aliphatic carbocycles. The molecule has 2 aromatic carbocycles. The number of nitriles is 1. The van der Waals surface area contributed by atoms with Crippen molar-refractivity contribution in [2.24, 2.45) is 10.4 Å². The van der Waals surface area contributed by atoms with E-state index in [1.165, 1.54) is 0 Å². The summed E-state index contributed by atoms with van der Waals surface area (Å²) >= 11 is 0. The fraction of sp³-hybridized carbons (Fsp3) is 0.367. The van der Waals surface area contributed by atoms with Crippen LogP contribution < -0.4 is 5.32 Å². The maximum Gasteiger partial charge on any atom is 0.418 e. The van der Waals surface area contributed by atoms with Gasteiger partial charge in [-0.15, -0.1) is 0 Å². The van der Waals surface area contributed by atoms with Crippen LogP contribution in [0.2, 0.25) is 0 Å². The normalized spacial score (nSPS) is 25.5. The van der Waals surface area contributed by atoms with Gasteiger partial charge in [0.1, 0.15) is 11.7 Å². The molecular formula is C30H26F4N4O2. The fourth-order valence-corrected chi connectivity index (χ4v) is 6.72. The molecule has 4 aliphatic rings. The fourth-order valence-electron chi connectivity index (χ4n) is 6.72. The van der Waals surface area contributed by atoms with Crippen molar-refractivity contribution in [1.82, 2.24) is 10.2 Å². The van der Waals surface area contributed by atoms with Crippen LogP contribution in [0, 0.1) is 16.7 Å². The number of aliphatic carboxylic acids is 1. The molecule has 2 aliphatic heterocycles. The van der Waals surface area contributed by atoms with Crippen molar-refractivity contribution >= 4 is 11.8 Å². The standard InChI is InChI=1S/C30H26F4N4O2/c31-23-14-25-24(13-22(23)30(32,33)34)36-27(37-25)29(17-28(29)8-10-38(11-9-28)16-26(39)40)21-6-4-19(5-7-21)20-3-1-2-18(12-20)15-35/h1-7,12-13,25H,8-11,14,16-17H2,(H,36,37)(H,39,40). The Morgan fingerprint density at radius 2 is 1.88 bits per heavy atom. The zero-order chi connectivity index (χ0) is 28.3. The number of amidine groups is 1. The van der Waals surface area contributed by atoms with Crippen molar-refractivity contribution in [2.45, 2.75) is 43.3 Å². The average molecular weight is 551 g/mol. The van der Waals surface area contributed by atoms with Crippen LogP contribution >= 0.6 is 0 Å². The number of benzene rings is 2. The van der Waals surface area contributed by atoms with Crippen LogP contribution in [-0.4, -0.2) is 53.7 Å². The Balaban J connectivity index is 1.35. The van der Waals surface area contributed by atoms with Gasteiger partial charge in [0.05, 0.1) is 35.2 Å². The first kappa shape index (κ1) is 26.3. The summed E-state index contributed by atoms with van der Waals surface area (Å²) in [6.07, 6.45) is -2.28. The molecule has 2 heterocycles. The monoisotopic (exact) mass is 550 g/mol. The van der Waals surface area contributed by atoms with Crippen molar-refractivity contribution in [2.75, 3.05) is 19.6 Å². The number of likely N-dealkylation sites (tertiary alicyclic amines) is 1. The predicted molar refractivity (Wildman–Crippen MR) is 140 cm³/mol. The summed E-state index contributed by atoms with van der Waals surface area (Å²) in [7, 11) is 0. The summed E-state index contributed by atoms with van der Waals surface area (Å²) in [5, 5.41) is 21.6. The van der Waals surface area contributed by atoms with Gasteiger partial charge in [-0.3, -0.25) is 14.7 Å². The van der Waals surface area contributed by atoms with E-state index >= 15 is 0 Å². The lowest BCUT2D eigenvalue weighted by atomic mass is 9.78. The first-order valence-electron chi connectivity index (χ1n) is 13.1. The minimum atomic E-state index is -4.79. The number of aliphatic imine (C=N–C) groups is 1. The Kier molecular flexibility index (Phi) is 6.11. The van der Waals surface area contributed by atoms with Crippen molar-refractivity contribution in [3.8, 4) is 17.2 Å². The molecule has 206 valence electrons. The molecule has 0 radical (unpaired) electrons. The Hall–Kier alpha value is -3.97. The Morgan fingerprint density at radius 1 is 1.15 bits per heavy atom. The van der Waals surface area contributed by atoms with Crippen LogP contribution in [0.1, 0.15) is 36.8 Å². The quantitative estimate of drug-likeness (QED) is 0.482. The molecule has 1 saturated heterocycles. The van der Waals surface area contributed by atoms with Crippen molar-refractivity contribution in [3.05, 3.63) is 82.8 Å². The van der Waals surface area contributed by atoms with E-state index < -0.39 is 41.4 Å². The molecule has 0 aromatic heterocycles. The summed E-state index contributed by atoms with van der Waals surface area (Å²) in [4.78, 5) is 17.9. The molecule has 2 N–H and O–H groups in total. The lowest BCUT2D eigenvalue weighted by molar-refractivity contribution is -0.138. The van der Waals surface area contributed by atoms with E-state index in [0.29, 0.717) is 43.8 Å². The number of allylic oxidation sites excluding steroid dienone is 2. The van der Waals surface area contributed by atoms with Gasteiger partial charge < -0.3 is 10.4 Å². The minimum absolute atomic E-state index is 0.0428. The van der Waals surface area contributed by atoms with Crippen LogP contribution in [0.15, 0.2) is 76.7 Å². The minimum Gasteiger partial charge on any atom is -0.480 e. The number of hydrogen-bond acceptors (Lipinski definition) is 5. The van der Waals surface area contributed by atoms with E-state index in [1.807, 2.05) is 41.3 Å². The number of hydrogen-bond donors (Lipinski definition) is 2. The summed E-state index contributed by atoms with van der Waals surface area (Å²) < 4.78 is 54.7. The number of rotatable bonds is 5. The van der Waals surface area contributed by atoms with Gasteiger partial charge in [-0.05, 0) is 72.7 Å². The lowest BCUT2D eigenvalue weighted by Gasteiger charge is -2.35. The van der Waals surface area contributed by atoms with Crippen LogP contribution in [-0.2, 0) is 10.2 Å². The summed E-state index contributed by atoms with van der Waals surface area (Å²) in [5.74, 6) is -1.55. The van der Waals surface area contributed by atoms with E-state index in [9.17, 15) is 32.7 Å². The highest BCUT2D eigenvalue weighted by Gasteiger charge is 2.71. The Morgan fingerprint density at radius 3 is 2.52 bits per heavy atom. The first-order chi connectivity index (χ1) is 19.0. The van der Waals surface area contributed by atoms with Gasteiger partial charge in [0.15, 0.2) is 0 Å². The highest BCUT2D eigenvalue weighted by Crippen LogP contribution is 2.70. The maximum atomic E-state index is 14.4. The molecule has 6 rings (SSSR count). The first-order valence-corrected chi connectivity index (χ1v) is 13.1.